The van der Waals surface area contributed by atoms with Crippen LogP contribution in [0.2, 0.25) is 0 Å². The van der Waals surface area contributed by atoms with E-state index in [0.717, 1.165) is 47.7 Å². The zero-order chi connectivity index (χ0) is 29.4. The number of halogens is 1. The summed E-state index contributed by atoms with van der Waals surface area (Å²) in [5.74, 6) is -0.708. The second-order valence-electron chi connectivity index (χ2n) is 10.1. The molecule has 1 atom stereocenters. The summed E-state index contributed by atoms with van der Waals surface area (Å²) >= 11 is 0. The van der Waals surface area contributed by atoms with E-state index in [0.29, 0.717) is 12.2 Å². The van der Waals surface area contributed by atoms with Crippen molar-refractivity contribution in [3.05, 3.63) is 90.2 Å². The Balaban J connectivity index is 1.69. The summed E-state index contributed by atoms with van der Waals surface area (Å²) in [6.45, 7) is 1.33. The number of amides is 2. The Morgan fingerprint density at radius 1 is 0.976 bits per heavy atom. The third-order valence-electron chi connectivity index (χ3n) is 7.32. The van der Waals surface area contributed by atoms with Crippen LogP contribution in [0, 0.1) is 5.82 Å². The van der Waals surface area contributed by atoms with Gasteiger partial charge in [0.1, 0.15) is 24.2 Å². The van der Waals surface area contributed by atoms with Crippen LogP contribution in [0.3, 0.4) is 0 Å². The second-order valence-corrected chi connectivity index (χ2v) is 11.9. The number of rotatable bonds is 12. The summed E-state index contributed by atoms with van der Waals surface area (Å²) in [5.41, 5.74) is 0.891. The summed E-state index contributed by atoms with van der Waals surface area (Å²) < 4.78 is 47.5. The van der Waals surface area contributed by atoms with Crippen molar-refractivity contribution in [1.82, 2.24) is 10.2 Å². The fourth-order valence-electron chi connectivity index (χ4n) is 5.07. The molecule has 3 aromatic rings. The fraction of sp³-hybridized carbons (Fsp3) is 0.355. The number of ether oxygens (including phenoxy) is 1. The lowest BCUT2D eigenvalue weighted by molar-refractivity contribution is -0.140. The summed E-state index contributed by atoms with van der Waals surface area (Å²) in [6.07, 6.45) is 4.20. The molecular weight excluding hydrogens is 545 g/mol. The van der Waals surface area contributed by atoms with Crippen molar-refractivity contribution in [3.8, 4) is 5.75 Å². The highest BCUT2D eigenvalue weighted by atomic mass is 32.2. The van der Waals surface area contributed by atoms with E-state index in [-0.39, 0.29) is 29.1 Å². The van der Waals surface area contributed by atoms with Crippen LogP contribution in [0.25, 0.3) is 0 Å². The van der Waals surface area contributed by atoms with Crippen LogP contribution in [-0.4, -0.2) is 50.9 Å². The number of carbonyl (C=O) groups is 2. The summed E-state index contributed by atoms with van der Waals surface area (Å²) in [5, 5.41) is 3.09. The predicted molar refractivity (Wildman–Crippen MR) is 155 cm³/mol. The van der Waals surface area contributed by atoms with Gasteiger partial charge in [-0.15, -0.1) is 0 Å². The molecule has 4 rings (SSSR count). The Bertz CT molecular complexity index is 1410. The highest BCUT2D eigenvalue weighted by Gasteiger charge is 2.34. The minimum atomic E-state index is -4.20. The summed E-state index contributed by atoms with van der Waals surface area (Å²) in [6, 6.07) is 19.1. The average Bonchev–Trinajstić information content (AvgIpc) is 3.50. The standard InChI is InChI=1S/C31H36FN3O5S/c1-3-29(31(37)33-25-9-7-8-10-25)34(21-23-13-19-27(40-2)20-14-23)30(36)22-35(26-17-15-24(32)16-18-26)41(38,39)28-11-5-4-6-12-28/h4-6,11-20,25,29H,3,7-10,21-22H2,1-2H3,(H,33,37)/t29-/m0/s1. The molecule has 0 unspecified atom stereocenters. The SMILES string of the molecule is CC[C@@H](C(=O)NC1CCCC1)N(Cc1ccc(OC)cc1)C(=O)CN(c1ccc(F)cc1)S(=O)(=O)c1ccccc1. The van der Waals surface area contributed by atoms with Gasteiger partial charge in [-0.3, -0.25) is 13.9 Å². The van der Waals surface area contributed by atoms with Gasteiger partial charge >= 0.3 is 0 Å². The van der Waals surface area contributed by atoms with Crippen molar-refractivity contribution in [2.75, 3.05) is 18.0 Å². The van der Waals surface area contributed by atoms with Gasteiger partial charge in [0.15, 0.2) is 0 Å². The molecule has 218 valence electrons. The van der Waals surface area contributed by atoms with Gasteiger partial charge in [0.05, 0.1) is 17.7 Å². The van der Waals surface area contributed by atoms with Crippen LogP contribution in [0.15, 0.2) is 83.8 Å². The molecule has 0 radical (unpaired) electrons. The molecule has 41 heavy (non-hydrogen) atoms. The topological polar surface area (TPSA) is 96.0 Å². The minimum Gasteiger partial charge on any atom is -0.497 e. The Morgan fingerprint density at radius 2 is 1.61 bits per heavy atom. The maximum atomic E-state index is 14.1. The monoisotopic (exact) mass is 581 g/mol. The van der Waals surface area contributed by atoms with Crippen molar-refractivity contribution < 1.29 is 27.1 Å². The number of nitrogens with one attached hydrogen (secondary N) is 1. The van der Waals surface area contributed by atoms with Crippen LogP contribution in [-0.2, 0) is 26.2 Å². The first-order chi connectivity index (χ1) is 19.7. The smallest absolute Gasteiger partial charge is 0.264 e. The highest BCUT2D eigenvalue weighted by Crippen LogP contribution is 2.26. The summed E-state index contributed by atoms with van der Waals surface area (Å²) in [4.78, 5) is 29.0. The fourth-order valence-corrected chi connectivity index (χ4v) is 6.51. The molecule has 10 heteroatoms. The van der Waals surface area contributed by atoms with Crippen molar-refractivity contribution in [2.24, 2.45) is 0 Å². The number of sulfonamides is 1. The molecule has 0 saturated heterocycles. The average molecular weight is 582 g/mol. The molecule has 2 amide bonds. The van der Waals surface area contributed by atoms with Crippen LogP contribution >= 0.6 is 0 Å². The van der Waals surface area contributed by atoms with Gasteiger partial charge in [0.2, 0.25) is 11.8 Å². The van der Waals surface area contributed by atoms with E-state index < -0.39 is 34.3 Å². The first-order valence-corrected chi connectivity index (χ1v) is 15.2. The third kappa shape index (κ3) is 7.43. The minimum absolute atomic E-state index is 0.00940. The number of nitrogens with zero attached hydrogens (tertiary/aromatic N) is 2. The third-order valence-corrected chi connectivity index (χ3v) is 9.11. The van der Waals surface area contributed by atoms with Crippen LogP contribution in [0.4, 0.5) is 10.1 Å². The normalized spacial score (nSPS) is 14.3. The molecule has 1 aliphatic carbocycles. The van der Waals surface area contributed by atoms with E-state index in [1.54, 1.807) is 49.6 Å². The molecule has 1 aliphatic rings. The van der Waals surface area contributed by atoms with E-state index in [4.69, 9.17) is 4.74 Å². The van der Waals surface area contributed by atoms with E-state index in [9.17, 15) is 22.4 Å². The Morgan fingerprint density at radius 3 is 2.20 bits per heavy atom. The van der Waals surface area contributed by atoms with Crippen LogP contribution in [0.5, 0.6) is 5.75 Å². The lowest BCUT2D eigenvalue weighted by atomic mass is 10.1. The number of hydrogen-bond donors (Lipinski definition) is 1. The Hall–Kier alpha value is -3.92. The van der Waals surface area contributed by atoms with Crippen LogP contribution < -0.4 is 14.4 Å². The molecule has 0 bridgehead atoms. The first kappa shape index (κ1) is 30.0. The maximum Gasteiger partial charge on any atom is 0.264 e. The molecule has 0 heterocycles. The molecule has 3 aromatic carbocycles. The van der Waals surface area contributed by atoms with E-state index >= 15 is 0 Å². The van der Waals surface area contributed by atoms with Crippen molar-refractivity contribution in [1.29, 1.82) is 0 Å². The zero-order valence-electron chi connectivity index (χ0n) is 23.3. The van der Waals surface area contributed by atoms with E-state index in [2.05, 4.69) is 5.32 Å². The molecule has 0 aromatic heterocycles. The first-order valence-electron chi connectivity index (χ1n) is 13.8. The second kappa shape index (κ2) is 13.6. The molecule has 0 spiro atoms. The number of benzene rings is 3. The predicted octanol–water partition coefficient (Wildman–Crippen LogP) is 4.90. The van der Waals surface area contributed by atoms with Gasteiger partial charge < -0.3 is 15.0 Å². The highest BCUT2D eigenvalue weighted by molar-refractivity contribution is 7.92. The van der Waals surface area contributed by atoms with Gasteiger partial charge in [0.25, 0.3) is 10.0 Å². The summed E-state index contributed by atoms with van der Waals surface area (Å²) in [7, 11) is -2.64. The van der Waals surface area contributed by atoms with Crippen molar-refractivity contribution in [2.45, 2.75) is 62.6 Å². The lowest BCUT2D eigenvalue weighted by Crippen LogP contribution is -2.53. The number of carbonyl (C=O) groups excluding carboxylic acids is 2. The van der Waals surface area contributed by atoms with E-state index in [1.165, 1.54) is 29.2 Å². The number of hydrogen-bond acceptors (Lipinski definition) is 5. The molecule has 8 nitrogen and oxygen atoms in total. The zero-order valence-corrected chi connectivity index (χ0v) is 24.1. The number of anilines is 1. The van der Waals surface area contributed by atoms with Gasteiger partial charge in [-0.25, -0.2) is 12.8 Å². The van der Waals surface area contributed by atoms with Gasteiger partial charge in [-0.1, -0.05) is 50.1 Å². The van der Waals surface area contributed by atoms with Crippen molar-refractivity contribution >= 4 is 27.5 Å². The lowest BCUT2D eigenvalue weighted by Gasteiger charge is -2.33. The van der Waals surface area contributed by atoms with Crippen LogP contribution in [0.1, 0.15) is 44.6 Å². The molecule has 1 N–H and O–H groups in total. The van der Waals surface area contributed by atoms with Crippen molar-refractivity contribution in [3.63, 3.8) is 0 Å². The quantitative estimate of drug-likeness (QED) is 0.329. The largest absolute Gasteiger partial charge is 0.497 e. The maximum absolute atomic E-state index is 14.1. The van der Waals surface area contributed by atoms with Gasteiger partial charge in [-0.05, 0) is 73.4 Å². The number of methoxy groups -OCH3 is 1. The molecule has 1 saturated carbocycles. The van der Waals surface area contributed by atoms with Gasteiger partial charge in [0, 0.05) is 12.6 Å². The molecule has 1 fully saturated rings. The molecular formula is C31H36FN3O5S. The van der Waals surface area contributed by atoms with E-state index in [1.807, 2.05) is 6.92 Å². The molecule has 0 aliphatic heterocycles. The Labute approximate surface area is 241 Å². The van der Waals surface area contributed by atoms with Gasteiger partial charge in [-0.2, -0.15) is 0 Å². The Kier molecular flexibility index (Phi) is 9.99.